The Labute approximate surface area is 86.8 Å². The quantitative estimate of drug-likeness (QED) is 0.335. The molecule has 1 rings (SSSR count). The van der Waals surface area contributed by atoms with Gasteiger partial charge in [-0.2, -0.15) is 0 Å². The molecule has 1 saturated heterocycles. The first-order valence-electron chi connectivity index (χ1n) is 4.62. The number of aliphatic hydroxyl groups excluding tert-OH is 3. The Bertz CT molecular complexity index is 235. The van der Waals surface area contributed by atoms with Crippen molar-refractivity contribution in [2.45, 2.75) is 37.5 Å². The van der Waals surface area contributed by atoms with E-state index in [1.165, 1.54) is 6.92 Å². The van der Waals surface area contributed by atoms with Crippen LogP contribution in [0.1, 0.15) is 6.92 Å². The topological polar surface area (TPSA) is 125 Å². The summed E-state index contributed by atoms with van der Waals surface area (Å²) < 4.78 is 5.12. The van der Waals surface area contributed by atoms with Crippen LogP contribution in [0.4, 0.5) is 0 Å². The number of nitrogens with one attached hydrogen (secondary N) is 1. The fourth-order valence-electron chi connectivity index (χ4n) is 1.47. The molecule has 0 saturated carbocycles. The van der Waals surface area contributed by atoms with Crippen molar-refractivity contribution in [2.75, 3.05) is 6.61 Å². The molecule has 0 bridgehead atoms. The predicted molar refractivity (Wildman–Crippen MR) is 49.6 cm³/mol. The number of nitrogens with two attached hydrogens (primary N) is 1. The zero-order chi connectivity index (χ0) is 11.6. The molecule has 0 aromatic heterocycles. The van der Waals surface area contributed by atoms with E-state index in [-0.39, 0.29) is 5.91 Å². The number of amides is 1. The van der Waals surface area contributed by atoms with E-state index in [1.54, 1.807) is 0 Å². The summed E-state index contributed by atoms with van der Waals surface area (Å²) in [7, 11) is 0. The van der Waals surface area contributed by atoms with Crippen molar-refractivity contribution in [1.29, 1.82) is 0 Å². The van der Waals surface area contributed by atoms with Crippen LogP contribution in [0.15, 0.2) is 0 Å². The SMILES string of the molecule is CC(=O)N[C@@H]1O[C@H](CO)[C@@H](O)[C@H](O)[C@H]1N. The van der Waals surface area contributed by atoms with Crippen LogP contribution in [0.5, 0.6) is 0 Å². The van der Waals surface area contributed by atoms with E-state index < -0.39 is 37.2 Å². The van der Waals surface area contributed by atoms with E-state index in [9.17, 15) is 15.0 Å². The number of carbonyl (C=O) groups is 1. The van der Waals surface area contributed by atoms with Gasteiger partial charge in [-0.1, -0.05) is 0 Å². The molecule has 1 fully saturated rings. The monoisotopic (exact) mass is 220 g/mol. The van der Waals surface area contributed by atoms with Gasteiger partial charge in [0.15, 0.2) is 0 Å². The van der Waals surface area contributed by atoms with Gasteiger partial charge < -0.3 is 31.1 Å². The largest absolute Gasteiger partial charge is 0.394 e. The molecule has 5 atom stereocenters. The summed E-state index contributed by atoms with van der Waals surface area (Å²) in [6.07, 6.45) is -4.35. The highest BCUT2D eigenvalue weighted by Gasteiger charge is 2.42. The number of ether oxygens (including phenoxy) is 1. The summed E-state index contributed by atoms with van der Waals surface area (Å²) >= 11 is 0. The molecule has 7 nitrogen and oxygen atoms in total. The lowest BCUT2D eigenvalue weighted by atomic mass is 9.97. The summed E-state index contributed by atoms with van der Waals surface area (Å²) in [5.74, 6) is -0.365. The third-order valence-electron chi connectivity index (χ3n) is 2.32. The zero-order valence-electron chi connectivity index (χ0n) is 8.33. The van der Waals surface area contributed by atoms with Crippen LogP contribution >= 0.6 is 0 Å². The average Bonchev–Trinajstić information content (AvgIpc) is 2.18. The lowest BCUT2D eigenvalue weighted by Gasteiger charge is -2.40. The number of rotatable bonds is 2. The maximum atomic E-state index is 10.8. The van der Waals surface area contributed by atoms with E-state index in [0.29, 0.717) is 0 Å². The van der Waals surface area contributed by atoms with Crippen molar-refractivity contribution in [2.24, 2.45) is 5.73 Å². The van der Waals surface area contributed by atoms with Gasteiger partial charge in [-0.25, -0.2) is 0 Å². The van der Waals surface area contributed by atoms with E-state index in [0.717, 1.165) is 0 Å². The highest BCUT2D eigenvalue weighted by atomic mass is 16.5. The maximum absolute atomic E-state index is 10.8. The van der Waals surface area contributed by atoms with Crippen molar-refractivity contribution < 1.29 is 24.9 Å². The third kappa shape index (κ3) is 2.64. The summed E-state index contributed by atoms with van der Waals surface area (Å²) in [6, 6.07) is -0.924. The second kappa shape index (κ2) is 4.86. The van der Waals surface area contributed by atoms with Crippen LogP contribution in [0, 0.1) is 0 Å². The summed E-state index contributed by atoms with van der Waals surface area (Å²) in [6.45, 7) is 0.822. The molecule has 88 valence electrons. The molecule has 15 heavy (non-hydrogen) atoms. The third-order valence-corrected chi connectivity index (χ3v) is 2.32. The summed E-state index contributed by atoms with van der Waals surface area (Å²) in [5, 5.41) is 30.2. The first-order valence-corrected chi connectivity index (χ1v) is 4.62. The molecule has 0 aromatic rings. The molecular formula is C8H16N2O5. The highest BCUT2D eigenvalue weighted by molar-refractivity contribution is 5.73. The summed E-state index contributed by atoms with van der Waals surface area (Å²) in [4.78, 5) is 10.8. The van der Waals surface area contributed by atoms with Gasteiger partial charge in [-0.15, -0.1) is 0 Å². The van der Waals surface area contributed by atoms with Crippen molar-refractivity contribution in [3.63, 3.8) is 0 Å². The molecule has 1 heterocycles. The molecule has 0 aromatic carbocycles. The number of hydrogen-bond donors (Lipinski definition) is 5. The minimum atomic E-state index is -1.25. The van der Waals surface area contributed by atoms with Gasteiger partial charge in [0.05, 0.1) is 12.6 Å². The van der Waals surface area contributed by atoms with Crippen LogP contribution in [0.25, 0.3) is 0 Å². The first kappa shape index (κ1) is 12.3. The van der Waals surface area contributed by atoms with E-state index >= 15 is 0 Å². The Morgan fingerprint density at radius 2 is 2.07 bits per heavy atom. The molecule has 1 amide bonds. The number of aliphatic hydroxyl groups is 3. The first-order chi connectivity index (χ1) is 6.97. The van der Waals surface area contributed by atoms with Gasteiger partial charge in [-0.05, 0) is 0 Å². The number of carbonyl (C=O) groups excluding carboxylic acids is 1. The maximum Gasteiger partial charge on any atom is 0.218 e. The standard InChI is InChI=1S/C8H16N2O5/c1-3(12)10-8-5(9)7(14)6(13)4(2-11)15-8/h4-8,11,13-14H,2,9H2,1H3,(H,10,12)/t4-,5-,6-,7-,8-/m1/s1. The van der Waals surface area contributed by atoms with Crippen LogP contribution in [0.2, 0.25) is 0 Å². The molecular weight excluding hydrogens is 204 g/mol. The summed E-state index contributed by atoms with van der Waals surface area (Å²) in [5.41, 5.74) is 5.55. The van der Waals surface area contributed by atoms with Gasteiger partial charge in [0.25, 0.3) is 0 Å². The Hall–Kier alpha value is -0.730. The molecule has 7 heteroatoms. The zero-order valence-corrected chi connectivity index (χ0v) is 8.33. The smallest absolute Gasteiger partial charge is 0.218 e. The molecule has 6 N–H and O–H groups in total. The van der Waals surface area contributed by atoms with E-state index in [1.807, 2.05) is 0 Å². The lowest BCUT2D eigenvalue weighted by molar-refractivity contribution is -0.197. The van der Waals surface area contributed by atoms with Gasteiger partial charge in [0, 0.05) is 6.92 Å². The van der Waals surface area contributed by atoms with Crippen LogP contribution in [-0.2, 0) is 9.53 Å². The van der Waals surface area contributed by atoms with Crippen molar-refractivity contribution >= 4 is 5.91 Å². The average molecular weight is 220 g/mol. The van der Waals surface area contributed by atoms with Gasteiger partial charge >= 0.3 is 0 Å². The molecule has 1 aliphatic rings. The van der Waals surface area contributed by atoms with Crippen LogP contribution in [-0.4, -0.2) is 58.4 Å². The minimum absolute atomic E-state index is 0.365. The number of hydrogen-bond acceptors (Lipinski definition) is 6. The molecule has 0 radical (unpaired) electrons. The predicted octanol–water partition coefficient (Wildman–Crippen LogP) is -3.11. The fraction of sp³-hybridized carbons (Fsp3) is 0.875. The van der Waals surface area contributed by atoms with E-state index in [2.05, 4.69) is 5.32 Å². The molecule has 0 unspecified atom stereocenters. The van der Waals surface area contributed by atoms with Gasteiger partial charge in [-0.3, -0.25) is 4.79 Å². The lowest BCUT2D eigenvalue weighted by Crippen LogP contribution is -2.66. The second-order valence-electron chi connectivity index (χ2n) is 3.54. The molecule has 1 aliphatic heterocycles. The second-order valence-corrected chi connectivity index (χ2v) is 3.54. The van der Waals surface area contributed by atoms with Gasteiger partial charge in [0.2, 0.25) is 5.91 Å². The van der Waals surface area contributed by atoms with Crippen LogP contribution in [0.3, 0.4) is 0 Å². The van der Waals surface area contributed by atoms with Gasteiger partial charge in [0.1, 0.15) is 24.5 Å². The Kier molecular flexibility index (Phi) is 4.00. The fourth-order valence-corrected chi connectivity index (χ4v) is 1.47. The Morgan fingerprint density at radius 3 is 2.53 bits per heavy atom. The Balaban J connectivity index is 2.69. The van der Waals surface area contributed by atoms with Crippen molar-refractivity contribution in [3.05, 3.63) is 0 Å². The van der Waals surface area contributed by atoms with Crippen LogP contribution < -0.4 is 11.1 Å². The molecule has 0 aliphatic carbocycles. The minimum Gasteiger partial charge on any atom is -0.394 e. The van der Waals surface area contributed by atoms with Crippen molar-refractivity contribution in [3.8, 4) is 0 Å². The normalized spacial score (nSPS) is 41.3. The highest BCUT2D eigenvalue weighted by Crippen LogP contribution is 2.18. The molecule has 0 spiro atoms. The van der Waals surface area contributed by atoms with E-state index in [4.69, 9.17) is 15.6 Å². The Morgan fingerprint density at radius 1 is 1.47 bits per heavy atom. The van der Waals surface area contributed by atoms with Crippen molar-refractivity contribution in [1.82, 2.24) is 5.32 Å².